The maximum absolute atomic E-state index is 12.8. The molecule has 0 radical (unpaired) electrons. The van der Waals surface area contributed by atoms with Crippen LogP contribution in [0.15, 0.2) is 71.7 Å². The fourth-order valence-electron chi connectivity index (χ4n) is 5.73. The number of nitrogens with one attached hydrogen (secondary N) is 1. The molecule has 6 rings (SSSR count). The van der Waals surface area contributed by atoms with Gasteiger partial charge in [-0.25, -0.2) is 23.7 Å². The molecule has 14 heteroatoms. The molecule has 0 spiro atoms. The molecule has 1 atom stereocenters. The lowest BCUT2D eigenvalue weighted by atomic mass is 9.97. The van der Waals surface area contributed by atoms with Gasteiger partial charge in [0.05, 0.1) is 42.5 Å². The van der Waals surface area contributed by atoms with Crippen molar-refractivity contribution in [3.63, 3.8) is 0 Å². The van der Waals surface area contributed by atoms with E-state index in [-0.39, 0.29) is 49.8 Å². The third-order valence-electron chi connectivity index (χ3n) is 8.05. The van der Waals surface area contributed by atoms with E-state index in [0.29, 0.717) is 67.6 Å². The number of fused-ring (bicyclic) bond motifs is 1. The molecule has 1 aliphatic heterocycles. The summed E-state index contributed by atoms with van der Waals surface area (Å²) in [6.07, 6.45) is 1.50. The van der Waals surface area contributed by atoms with Gasteiger partial charge in [0.1, 0.15) is 0 Å². The predicted molar refractivity (Wildman–Crippen MR) is 177 cm³/mol. The number of hydrogen-bond acceptors (Lipinski definition) is 7. The lowest BCUT2D eigenvalue weighted by molar-refractivity contribution is -0.119. The largest absolute Gasteiger partial charge is 0.481 e. The van der Waals surface area contributed by atoms with Crippen molar-refractivity contribution in [1.29, 1.82) is 0 Å². The van der Waals surface area contributed by atoms with Gasteiger partial charge < -0.3 is 25.2 Å². The Morgan fingerprint density at radius 1 is 1.02 bits per heavy atom. The van der Waals surface area contributed by atoms with Crippen molar-refractivity contribution in [1.82, 2.24) is 29.4 Å². The quantitative estimate of drug-likeness (QED) is 0.188. The van der Waals surface area contributed by atoms with Gasteiger partial charge >= 0.3 is 11.8 Å². The number of aromatic nitrogens is 4. The van der Waals surface area contributed by atoms with E-state index in [1.54, 1.807) is 24.4 Å². The average molecular weight is 678 g/mol. The molecule has 3 N–H and O–H groups in total. The van der Waals surface area contributed by atoms with Crippen molar-refractivity contribution in [3.05, 3.63) is 93.0 Å². The van der Waals surface area contributed by atoms with E-state index >= 15 is 0 Å². The number of carbonyl (C=O) groups excluding carboxylic acids is 1. The highest BCUT2D eigenvalue weighted by atomic mass is 35.5. The smallest absolute Gasteiger partial charge is 0.407 e. The van der Waals surface area contributed by atoms with Crippen LogP contribution in [-0.2, 0) is 17.9 Å². The molecule has 5 aromatic rings. The molecule has 3 aromatic heterocycles. The van der Waals surface area contributed by atoms with Crippen molar-refractivity contribution < 1.29 is 24.5 Å². The molecule has 0 bridgehead atoms. The summed E-state index contributed by atoms with van der Waals surface area (Å²) in [4.78, 5) is 42.3. The summed E-state index contributed by atoms with van der Waals surface area (Å²) in [5.74, 6) is 0.163. The fraction of sp³-hybridized carbons (Fsp3) is 0.242. The van der Waals surface area contributed by atoms with Gasteiger partial charge in [0.15, 0.2) is 5.65 Å². The van der Waals surface area contributed by atoms with Crippen molar-refractivity contribution in [2.45, 2.75) is 32.0 Å². The second-order valence-corrected chi connectivity index (χ2v) is 11.8. The Morgan fingerprint density at radius 2 is 1.72 bits per heavy atom. The fourth-order valence-corrected chi connectivity index (χ4v) is 6.39. The number of methoxy groups -OCH3 is 1. The highest BCUT2D eigenvalue weighted by Crippen LogP contribution is 2.42. The van der Waals surface area contributed by atoms with Crippen LogP contribution in [0, 0.1) is 0 Å². The van der Waals surface area contributed by atoms with Gasteiger partial charge in [0.25, 0.3) is 0 Å². The zero-order chi connectivity index (χ0) is 33.2. The zero-order valence-corrected chi connectivity index (χ0v) is 26.7. The molecule has 12 nitrogen and oxygen atoms in total. The number of pyridine rings is 2. The molecule has 242 valence electrons. The first-order valence-electron chi connectivity index (χ1n) is 14.8. The summed E-state index contributed by atoms with van der Waals surface area (Å²) < 4.78 is 8.18. The molecule has 0 saturated carbocycles. The monoisotopic (exact) mass is 676 g/mol. The number of aliphatic hydroxyl groups is 1. The molecule has 1 saturated heterocycles. The van der Waals surface area contributed by atoms with Gasteiger partial charge in [0, 0.05) is 58.6 Å². The van der Waals surface area contributed by atoms with E-state index in [0.717, 1.165) is 0 Å². The number of halogens is 2. The third-order valence-corrected chi connectivity index (χ3v) is 8.87. The van der Waals surface area contributed by atoms with Crippen LogP contribution in [0.3, 0.4) is 0 Å². The summed E-state index contributed by atoms with van der Waals surface area (Å²) in [5, 5.41) is 26.9. The van der Waals surface area contributed by atoms with Gasteiger partial charge in [0.2, 0.25) is 11.8 Å². The van der Waals surface area contributed by atoms with Gasteiger partial charge in [-0.05, 0) is 30.7 Å². The van der Waals surface area contributed by atoms with E-state index in [1.807, 2.05) is 42.5 Å². The van der Waals surface area contributed by atoms with E-state index in [2.05, 4.69) is 15.4 Å². The average Bonchev–Trinajstić information content (AvgIpc) is 3.62. The Kier molecular flexibility index (Phi) is 9.17. The van der Waals surface area contributed by atoms with Crippen LogP contribution in [-0.4, -0.2) is 72.6 Å². The molecule has 1 unspecified atom stereocenters. The Bertz CT molecular complexity index is 2060. The Hall–Kier alpha value is -4.91. The molecular weight excluding hydrogens is 647 g/mol. The molecule has 4 heterocycles. The number of ether oxygens (including phenoxy) is 1. The molecule has 47 heavy (non-hydrogen) atoms. The van der Waals surface area contributed by atoms with Crippen LogP contribution in [0.5, 0.6) is 5.88 Å². The minimum Gasteiger partial charge on any atom is -0.481 e. The minimum absolute atomic E-state index is 0.0223. The van der Waals surface area contributed by atoms with Gasteiger partial charge in [-0.1, -0.05) is 59.6 Å². The molecule has 2 amide bonds. The lowest BCUT2D eigenvalue weighted by Crippen LogP contribution is -2.41. The molecular formula is C33H30Cl2N6O6. The van der Waals surface area contributed by atoms with Gasteiger partial charge in [-0.15, -0.1) is 5.10 Å². The number of carboxylic acid groups (broad SMARTS) is 1. The number of benzene rings is 2. The highest BCUT2D eigenvalue weighted by molar-refractivity contribution is 6.39. The first-order chi connectivity index (χ1) is 22.7. The molecule has 2 aromatic carbocycles. The van der Waals surface area contributed by atoms with Crippen LogP contribution in [0.25, 0.3) is 39.2 Å². The number of rotatable bonds is 10. The Balaban J connectivity index is 1.31. The SMILES string of the molecule is COc1nc(-c2cccc(-c3cccc(-c4ccc5nn(CCO)c(=O)n5c4)c3Cl)c2Cl)ccc1CN(CC1CCC(=O)N1)C(=O)O. The summed E-state index contributed by atoms with van der Waals surface area (Å²) in [5.41, 5.74) is 4.46. The van der Waals surface area contributed by atoms with E-state index in [4.69, 9.17) is 27.9 Å². The molecule has 1 aliphatic rings. The van der Waals surface area contributed by atoms with Crippen molar-refractivity contribution in [3.8, 4) is 39.4 Å². The first kappa shape index (κ1) is 32.0. The standard InChI is InChI=1S/C33H30Cl2N6O6/c1-47-31-20(16-39(33(45)46)18-21-10-13-28(43)36-21)8-11-26(37-31)25-7-3-6-24(30(25)35)23-5-2-4-22(29(23)34)19-9-12-27-38-41(14-15-42)32(44)40(27)17-19/h2-9,11-12,17,21,42H,10,13-16,18H2,1H3,(H,36,43)(H,45,46). The summed E-state index contributed by atoms with van der Waals surface area (Å²) in [6.45, 7) is 0.0566. The Labute approximate surface area is 278 Å². The Morgan fingerprint density at radius 3 is 2.38 bits per heavy atom. The summed E-state index contributed by atoms with van der Waals surface area (Å²) >= 11 is 14.0. The normalized spacial score (nSPS) is 14.4. The van der Waals surface area contributed by atoms with Crippen LogP contribution in [0.2, 0.25) is 10.0 Å². The second kappa shape index (κ2) is 13.4. The zero-order valence-electron chi connectivity index (χ0n) is 25.2. The number of hydrogen-bond donors (Lipinski definition) is 3. The van der Waals surface area contributed by atoms with Crippen LogP contribution >= 0.6 is 23.2 Å². The first-order valence-corrected chi connectivity index (χ1v) is 15.5. The second-order valence-electron chi connectivity index (χ2n) is 11.0. The molecule has 1 fully saturated rings. The van der Waals surface area contributed by atoms with Gasteiger partial charge in [-0.2, -0.15) is 0 Å². The minimum atomic E-state index is -1.11. The topological polar surface area (TPSA) is 151 Å². The summed E-state index contributed by atoms with van der Waals surface area (Å²) in [7, 11) is 1.46. The van der Waals surface area contributed by atoms with Crippen LogP contribution in [0.1, 0.15) is 18.4 Å². The van der Waals surface area contributed by atoms with E-state index in [1.165, 1.54) is 21.1 Å². The van der Waals surface area contributed by atoms with Crippen LogP contribution in [0.4, 0.5) is 4.79 Å². The molecule has 0 aliphatic carbocycles. The maximum atomic E-state index is 12.8. The predicted octanol–water partition coefficient (Wildman–Crippen LogP) is 4.96. The third kappa shape index (κ3) is 6.39. The summed E-state index contributed by atoms with van der Waals surface area (Å²) in [6, 6.07) is 17.9. The lowest BCUT2D eigenvalue weighted by Gasteiger charge is -2.23. The highest BCUT2D eigenvalue weighted by Gasteiger charge is 2.26. The van der Waals surface area contributed by atoms with Crippen molar-refractivity contribution in [2.24, 2.45) is 0 Å². The van der Waals surface area contributed by atoms with Crippen molar-refractivity contribution >= 4 is 40.8 Å². The number of nitrogens with zero attached hydrogens (tertiary/aromatic N) is 5. The van der Waals surface area contributed by atoms with E-state index < -0.39 is 6.09 Å². The van der Waals surface area contributed by atoms with E-state index in [9.17, 15) is 24.6 Å². The number of amides is 2. The number of aliphatic hydroxyl groups excluding tert-OH is 1. The maximum Gasteiger partial charge on any atom is 0.407 e. The number of carbonyl (C=O) groups is 2. The van der Waals surface area contributed by atoms with Crippen LogP contribution < -0.4 is 15.7 Å². The van der Waals surface area contributed by atoms with Gasteiger partial charge in [-0.3, -0.25) is 4.79 Å². The van der Waals surface area contributed by atoms with Crippen molar-refractivity contribution in [2.75, 3.05) is 20.3 Å².